The first-order valence-corrected chi connectivity index (χ1v) is 10.4. The fourth-order valence-electron chi connectivity index (χ4n) is 4.54. The van der Waals surface area contributed by atoms with Gasteiger partial charge in [0.05, 0.1) is 12.3 Å². The van der Waals surface area contributed by atoms with Crippen molar-refractivity contribution in [1.29, 1.82) is 0 Å². The van der Waals surface area contributed by atoms with Gasteiger partial charge in [-0.1, -0.05) is 18.2 Å². The maximum atomic E-state index is 13.0. The largest absolute Gasteiger partial charge is 0.348 e. The van der Waals surface area contributed by atoms with Crippen LogP contribution in [0, 0.1) is 0 Å². The SMILES string of the molecule is CC1(C)O[C@H]2[C@@H]([C@@H]3COC(C)(C)O3)O[C@H](n3c(=O)ccc(=O)n3-c3ccccc3)[C@H]2O1. The average molecular weight is 430 g/mol. The Kier molecular flexibility index (Phi) is 4.72. The van der Waals surface area contributed by atoms with Gasteiger partial charge in [0, 0.05) is 12.1 Å². The van der Waals surface area contributed by atoms with Gasteiger partial charge in [0.25, 0.3) is 11.1 Å². The van der Waals surface area contributed by atoms with E-state index in [2.05, 4.69) is 0 Å². The van der Waals surface area contributed by atoms with Crippen LogP contribution in [0.5, 0.6) is 0 Å². The Morgan fingerprint density at radius 3 is 2.16 bits per heavy atom. The van der Waals surface area contributed by atoms with E-state index in [1.54, 1.807) is 24.3 Å². The van der Waals surface area contributed by atoms with E-state index in [4.69, 9.17) is 23.7 Å². The molecule has 5 atom stereocenters. The van der Waals surface area contributed by atoms with Crippen molar-refractivity contribution in [2.24, 2.45) is 0 Å². The number of para-hydroxylation sites is 1. The lowest BCUT2D eigenvalue weighted by atomic mass is 10.1. The summed E-state index contributed by atoms with van der Waals surface area (Å²) in [5.41, 5.74) is -0.187. The highest BCUT2D eigenvalue weighted by molar-refractivity contribution is 5.30. The first-order valence-electron chi connectivity index (χ1n) is 10.4. The van der Waals surface area contributed by atoms with Gasteiger partial charge in [-0.05, 0) is 39.8 Å². The van der Waals surface area contributed by atoms with Crippen LogP contribution in [0.15, 0.2) is 52.1 Å². The molecule has 1 aromatic heterocycles. The van der Waals surface area contributed by atoms with Crippen molar-refractivity contribution >= 4 is 0 Å². The minimum absolute atomic E-state index is 0.326. The number of benzene rings is 1. The van der Waals surface area contributed by atoms with E-state index < -0.39 is 42.2 Å². The fraction of sp³-hybridized carbons (Fsp3) is 0.545. The second-order valence-electron chi connectivity index (χ2n) is 8.92. The molecule has 9 heteroatoms. The zero-order chi connectivity index (χ0) is 22.0. The Hall–Kier alpha value is -2.30. The zero-order valence-corrected chi connectivity index (χ0v) is 17.9. The molecule has 1 aromatic carbocycles. The molecule has 3 aliphatic rings. The van der Waals surface area contributed by atoms with Crippen molar-refractivity contribution in [3.63, 3.8) is 0 Å². The molecule has 0 saturated carbocycles. The number of aromatic nitrogens is 2. The molecule has 2 aromatic rings. The van der Waals surface area contributed by atoms with Gasteiger partial charge in [0.1, 0.15) is 24.4 Å². The Bertz CT molecular complexity index is 1090. The molecule has 3 aliphatic heterocycles. The van der Waals surface area contributed by atoms with Crippen LogP contribution in [-0.4, -0.2) is 52.0 Å². The van der Waals surface area contributed by atoms with Crippen LogP contribution in [-0.2, 0) is 23.7 Å². The number of fused-ring (bicyclic) bond motifs is 1. The first-order chi connectivity index (χ1) is 14.7. The van der Waals surface area contributed by atoms with E-state index in [1.165, 1.54) is 21.5 Å². The summed E-state index contributed by atoms with van der Waals surface area (Å²) in [6, 6.07) is 11.5. The second-order valence-corrected chi connectivity index (χ2v) is 8.92. The predicted octanol–water partition coefficient (Wildman–Crippen LogP) is 1.57. The summed E-state index contributed by atoms with van der Waals surface area (Å²) >= 11 is 0. The Morgan fingerprint density at radius 2 is 1.48 bits per heavy atom. The normalized spacial score (nSPS) is 33.5. The highest BCUT2D eigenvalue weighted by Crippen LogP contribution is 2.45. The monoisotopic (exact) mass is 430 g/mol. The quantitative estimate of drug-likeness (QED) is 0.730. The van der Waals surface area contributed by atoms with Gasteiger partial charge >= 0.3 is 0 Å². The molecule has 0 N–H and O–H groups in total. The van der Waals surface area contributed by atoms with Gasteiger partial charge in [-0.25, -0.2) is 9.36 Å². The van der Waals surface area contributed by atoms with Crippen molar-refractivity contribution in [2.75, 3.05) is 6.61 Å². The molecule has 5 rings (SSSR count). The number of ether oxygens (including phenoxy) is 5. The third-order valence-corrected chi connectivity index (χ3v) is 5.72. The van der Waals surface area contributed by atoms with Crippen molar-refractivity contribution in [2.45, 2.75) is 69.9 Å². The predicted molar refractivity (Wildman–Crippen MR) is 109 cm³/mol. The van der Waals surface area contributed by atoms with Crippen LogP contribution >= 0.6 is 0 Å². The van der Waals surface area contributed by atoms with Crippen LogP contribution in [0.3, 0.4) is 0 Å². The van der Waals surface area contributed by atoms with E-state index in [1.807, 2.05) is 33.8 Å². The highest BCUT2D eigenvalue weighted by Gasteiger charge is 2.60. The van der Waals surface area contributed by atoms with E-state index in [9.17, 15) is 9.59 Å². The van der Waals surface area contributed by atoms with Gasteiger partial charge in [0.2, 0.25) is 0 Å². The zero-order valence-electron chi connectivity index (χ0n) is 17.9. The third kappa shape index (κ3) is 3.56. The summed E-state index contributed by atoms with van der Waals surface area (Å²) in [5, 5.41) is 0. The number of rotatable bonds is 3. The summed E-state index contributed by atoms with van der Waals surface area (Å²) < 4.78 is 33.0. The van der Waals surface area contributed by atoms with Crippen LogP contribution in [0.4, 0.5) is 0 Å². The minimum atomic E-state index is -0.884. The topological polar surface area (TPSA) is 90.2 Å². The molecule has 0 amide bonds. The summed E-state index contributed by atoms with van der Waals surface area (Å²) in [6.07, 6.45) is -2.92. The minimum Gasteiger partial charge on any atom is -0.348 e. The third-order valence-electron chi connectivity index (χ3n) is 5.72. The molecule has 3 saturated heterocycles. The molecule has 0 spiro atoms. The highest BCUT2D eigenvalue weighted by atomic mass is 16.8. The molecular formula is C22H26N2O7. The lowest BCUT2D eigenvalue weighted by Crippen LogP contribution is -2.43. The molecule has 0 aliphatic carbocycles. The maximum Gasteiger partial charge on any atom is 0.270 e. The number of hydrogen-bond donors (Lipinski definition) is 0. The Labute approximate surface area is 179 Å². The average Bonchev–Trinajstić information content (AvgIpc) is 3.33. The van der Waals surface area contributed by atoms with E-state index in [0.717, 1.165) is 0 Å². The molecule has 0 unspecified atom stereocenters. The Balaban J connectivity index is 1.60. The molecule has 4 heterocycles. The van der Waals surface area contributed by atoms with Crippen molar-refractivity contribution in [3.8, 4) is 5.69 Å². The van der Waals surface area contributed by atoms with E-state index >= 15 is 0 Å². The van der Waals surface area contributed by atoms with Gasteiger partial charge in [0.15, 0.2) is 17.8 Å². The maximum absolute atomic E-state index is 13.0. The molecule has 9 nitrogen and oxygen atoms in total. The summed E-state index contributed by atoms with van der Waals surface area (Å²) in [7, 11) is 0. The van der Waals surface area contributed by atoms with Gasteiger partial charge in [-0.2, -0.15) is 0 Å². The van der Waals surface area contributed by atoms with Crippen molar-refractivity contribution in [3.05, 3.63) is 63.2 Å². The van der Waals surface area contributed by atoms with Gasteiger partial charge in [-0.15, -0.1) is 0 Å². The van der Waals surface area contributed by atoms with Crippen LogP contribution < -0.4 is 11.1 Å². The Morgan fingerprint density at radius 1 is 0.806 bits per heavy atom. The fourth-order valence-corrected chi connectivity index (χ4v) is 4.54. The summed E-state index contributed by atoms with van der Waals surface area (Å²) in [5.74, 6) is -1.62. The van der Waals surface area contributed by atoms with Crippen LogP contribution in [0.25, 0.3) is 5.69 Å². The molecule has 166 valence electrons. The first kappa shape index (κ1) is 20.6. The summed E-state index contributed by atoms with van der Waals surface area (Å²) in [6.45, 7) is 7.62. The number of hydrogen-bond acceptors (Lipinski definition) is 7. The molecule has 3 fully saturated rings. The van der Waals surface area contributed by atoms with E-state index in [-0.39, 0.29) is 11.1 Å². The van der Waals surface area contributed by atoms with Crippen LogP contribution in [0.2, 0.25) is 0 Å². The van der Waals surface area contributed by atoms with Crippen molar-refractivity contribution in [1.82, 2.24) is 9.36 Å². The lowest BCUT2D eigenvalue weighted by molar-refractivity contribution is -0.217. The van der Waals surface area contributed by atoms with Crippen molar-refractivity contribution < 1.29 is 23.7 Å². The lowest BCUT2D eigenvalue weighted by Gasteiger charge is -2.28. The summed E-state index contributed by atoms with van der Waals surface area (Å²) in [4.78, 5) is 25.8. The van der Waals surface area contributed by atoms with E-state index in [0.29, 0.717) is 12.3 Å². The van der Waals surface area contributed by atoms with Gasteiger partial charge in [-0.3, -0.25) is 9.59 Å². The molecular weight excluding hydrogens is 404 g/mol. The standard InChI is InChI=1S/C22H26N2O7/c1-21(2)27-12-14(29-21)17-18-19(31-22(3,4)30-18)20(28-17)24-16(26)11-10-15(25)23(24)13-8-6-5-7-9-13/h5-11,14,17-20H,12H2,1-4H3/t14-,17+,18-,19-,20-/m0/s1. The van der Waals surface area contributed by atoms with Gasteiger partial charge < -0.3 is 23.7 Å². The molecule has 31 heavy (non-hydrogen) atoms. The molecule has 0 bridgehead atoms. The smallest absolute Gasteiger partial charge is 0.270 e. The molecule has 0 radical (unpaired) electrons. The number of nitrogens with zero attached hydrogens (tertiary/aromatic N) is 2. The second kappa shape index (κ2) is 7.11. The van der Waals surface area contributed by atoms with Crippen LogP contribution in [0.1, 0.15) is 33.9 Å².